The van der Waals surface area contributed by atoms with Gasteiger partial charge in [-0.15, -0.1) is 0 Å². The summed E-state index contributed by atoms with van der Waals surface area (Å²) in [6, 6.07) is 0. The first-order valence-electron chi connectivity index (χ1n) is 9.47. The highest BCUT2D eigenvalue weighted by Gasteiger charge is 2.51. The Balaban J connectivity index is 2.83. The van der Waals surface area contributed by atoms with E-state index in [1.165, 1.54) is 0 Å². The van der Waals surface area contributed by atoms with E-state index < -0.39 is 36.6 Å². The molecule has 0 amide bonds. The third-order valence-corrected chi connectivity index (χ3v) is 4.45. The normalized spacial score (nSPS) is 33.8. The van der Waals surface area contributed by atoms with Crippen LogP contribution in [-0.4, -0.2) is 71.8 Å². The van der Waals surface area contributed by atoms with Crippen molar-refractivity contribution in [2.75, 3.05) is 19.8 Å². The lowest BCUT2D eigenvalue weighted by molar-refractivity contribution is -0.257. The molecule has 0 aromatic heterocycles. The second-order valence-electron chi connectivity index (χ2n) is 6.54. The monoisotopic (exact) mass is 348 g/mol. The summed E-state index contributed by atoms with van der Waals surface area (Å²) >= 11 is 0. The molecule has 0 aliphatic heterocycles. The van der Waals surface area contributed by atoms with E-state index in [1.807, 2.05) is 0 Å². The number of rotatable bonds is 12. The van der Waals surface area contributed by atoms with Gasteiger partial charge in [0.05, 0.1) is 0 Å². The average Bonchev–Trinajstić information content (AvgIpc) is 2.58. The van der Waals surface area contributed by atoms with E-state index in [-0.39, 0.29) is 0 Å². The Kier molecular flexibility index (Phi) is 11.1. The molecular weight excluding hydrogens is 312 g/mol. The molecule has 0 heterocycles. The zero-order chi connectivity index (χ0) is 17.9. The molecule has 2 unspecified atom stereocenters. The highest BCUT2D eigenvalue weighted by Crippen LogP contribution is 2.29. The summed E-state index contributed by atoms with van der Waals surface area (Å²) in [5.41, 5.74) is 0. The van der Waals surface area contributed by atoms with Crippen LogP contribution in [0.3, 0.4) is 0 Å². The summed E-state index contributed by atoms with van der Waals surface area (Å²) in [5.74, 6) is 0. The van der Waals surface area contributed by atoms with Crippen molar-refractivity contribution in [3.05, 3.63) is 0 Å². The molecule has 0 radical (unpaired) electrons. The van der Waals surface area contributed by atoms with Gasteiger partial charge in [0, 0.05) is 19.8 Å². The van der Waals surface area contributed by atoms with Gasteiger partial charge in [0.15, 0.2) is 0 Å². The molecule has 1 saturated carbocycles. The fourth-order valence-corrected chi connectivity index (χ4v) is 2.83. The summed E-state index contributed by atoms with van der Waals surface area (Å²) in [7, 11) is 0. The number of aliphatic hydroxyl groups excluding tert-OH is 3. The van der Waals surface area contributed by atoms with Crippen molar-refractivity contribution in [2.24, 2.45) is 0 Å². The van der Waals surface area contributed by atoms with E-state index in [1.54, 1.807) is 0 Å². The molecule has 1 aliphatic carbocycles. The zero-order valence-corrected chi connectivity index (χ0v) is 15.4. The predicted molar refractivity (Wildman–Crippen MR) is 92.0 cm³/mol. The molecule has 1 fully saturated rings. The Hall–Kier alpha value is -0.240. The largest absolute Gasteiger partial charge is 0.387 e. The Morgan fingerprint density at radius 3 is 1.21 bits per heavy atom. The second kappa shape index (κ2) is 12.2. The van der Waals surface area contributed by atoms with Crippen LogP contribution in [0.1, 0.15) is 59.3 Å². The van der Waals surface area contributed by atoms with Crippen LogP contribution in [0.15, 0.2) is 0 Å². The number of hydrogen-bond donors (Lipinski definition) is 3. The summed E-state index contributed by atoms with van der Waals surface area (Å²) in [5, 5.41) is 30.9. The molecular formula is C18H36O6. The van der Waals surface area contributed by atoms with Crippen LogP contribution >= 0.6 is 0 Å². The maximum atomic E-state index is 10.4. The van der Waals surface area contributed by atoms with Gasteiger partial charge in [-0.3, -0.25) is 0 Å². The third kappa shape index (κ3) is 6.24. The number of aliphatic hydroxyl groups is 3. The van der Waals surface area contributed by atoms with Crippen molar-refractivity contribution >= 4 is 0 Å². The van der Waals surface area contributed by atoms with Gasteiger partial charge < -0.3 is 29.5 Å². The van der Waals surface area contributed by atoms with Gasteiger partial charge in [-0.1, -0.05) is 40.0 Å². The molecule has 0 aromatic carbocycles. The lowest BCUT2D eigenvalue weighted by atomic mass is 9.84. The van der Waals surface area contributed by atoms with E-state index in [9.17, 15) is 15.3 Å². The zero-order valence-electron chi connectivity index (χ0n) is 15.4. The molecule has 0 spiro atoms. The molecule has 6 heteroatoms. The number of unbranched alkanes of at least 4 members (excludes halogenated alkanes) is 3. The average molecular weight is 348 g/mol. The molecule has 0 saturated heterocycles. The fraction of sp³-hybridized carbons (Fsp3) is 1.00. The second-order valence-corrected chi connectivity index (χ2v) is 6.54. The van der Waals surface area contributed by atoms with Crippen LogP contribution in [0.4, 0.5) is 0 Å². The van der Waals surface area contributed by atoms with Crippen LogP contribution in [0, 0.1) is 0 Å². The van der Waals surface area contributed by atoms with Gasteiger partial charge in [0.1, 0.15) is 36.6 Å². The van der Waals surface area contributed by atoms with Crippen LogP contribution in [0.2, 0.25) is 0 Å². The van der Waals surface area contributed by atoms with E-state index in [2.05, 4.69) is 20.8 Å². The van der Waals surface area contributed by atoms with Gasteiger partial charge in [-0.05, 0) is 19.3 Å². The van der Waals surface area contributed by atoms with Crippen LogP contribution in [-0.2, 0) is 14.2 Å². The molecule has 0 aromatic rings. The molecule has 1 aliphatic rings. The molecule has 0 bridgehead atoms. The standard InChI is InChI=1S/C18H36O6/c1-4-7-10-22-16-14(20)13(19)15(21)17(23-11-8-5-2)18(16)24-12-9-6-3/h13-21H,4-12H2,1-3H3/t13?,14-,15+,16-,17-,18?/m0/s1. The minimum absolute atomic E-state index is 0.482. The Morgan fingerprint density at radius 2 is 0.875 bits per heavy atom. The van der Waals surface area contributed by atoms with Gasteiger partial charge in [0.2, 0.25) is 0 Å². The van der Waals surface area contributed by atoms with Crippen molar-refractivity contribution in [3.63, 3.8) is 0 Å². The number of ether oxygens (including phenoxy) is 3. The van der Waals surface area contributed by atoms with Crippen LogP contribution in [0.5, 0.6) is 0 Å². The Bertz CT molecular complexity index is 290. The van der Waals surface area contributed by atoms with Crippen LogP contribution < -0.4 is 0 Å². The Labute approximate surface area is 146 Å². The van der Waals surface area contributed by atoms with Crippen molar-refractivity contribution in [3.8, 4) is 0 Å². The highest BCUT2D eigenvalue weighted by molar-refractivity contribution is 5.01. The summed E-state index contributed by atoms with van der Waals surface area (Å²) in [4.78, 5) is 0. The quantitative estimate of drug-likeness (QED) is 0.465. The van der Waals surface area contributed by atoms with Gasteiger partial charge in [0.25, 0.3) is 0 Å². The van der Waals surface area contributed by atoms with Crippen molar-refractivity contribution in [1.29, 1.82) is 0 Å². The van der Waals surface area contributed by atoms with Gasteiger partial charge in [-0.2, -0.15) is 0 Å². The minimum atomic E-state index is -1.30. The molecule has 1 rings (SSSR count). The topological polar surface area (TPSA) is 88.4 Å². The highest BCUT2D eigenvalue weighted by atomic mass is 16.6. The SMILES string of the molecule is CCCCOC1[C@@H](OCCCC)[C@H](O)C(O)[C@H](O)[C@@H]1OCCCC. The summed E-state index contributed by atoms with van der Waals surface area (Å²) in [6.45, 7) is 7.67. The lowest BCUT2D eigenvalue weighted by Gasteiger charge is -2.45. The van der Waals surface area contributed by atoms with Crippen molar-refractivity contribution in [2.45, 2.75) is 95.9 Å². The lowest BCUT2D eigenvalue weighted by Crippen LogP contribution is -2.65. The first-order valence-corrected chi connectivity index (χ1v) is 9.47. The minimum Gasteiger partial charge on any atom is -0.387 e. The summed E-state index contributed by atoms with van der Waals surface area (Å²) < 4.78 is 17.5. The third-order valence-electron chi connectivity index (χ3n) is 4.45. The predicted octanol–water partition coefficient (Wildman–Crippen LogP) is 1.64. The summed E-state index contributed by atoms with van der Waals surface area (Å²) in [6.07, 6.45) is -0.0839. The van der Waals surface area contributed by atoms with E-state index in [4.69, 9.17) is 14.2 Å². The van der Waals surface area contributed by atoms with Crippen molar-refractivity contribution in [1.82, 2.24) is 0 Å². The first-order chi connectivity index (χ1) is 11.6. The number of hydrogen-bond acceptors (Lipinski definition) is 6. The maximum Gasteiger partial charge on any atom is 0.115 e. The van der Waals surface area contributed by atoms with E-state index >= 15 is 0 Å². The van der Waals surface area contributed by atoms with E-state index in [0.29, 0.717) is 19.8 Å². The van der Waals surface area contributed by atoms with E-state index in [0.717, 1.165) is 38.5 Å². The van der Waals surface area contributed by atoms with Gasteiger partial charge in [-0.25, -0.2) is 0 Å². The molecule has 3 N–H and O–H groups in total. The maximum absolute atomic E-state index is 10.4. The smallest absolute Gasteiger partial charge is 0.115 e. The Morgan fingerprint density at radius 1 is 0.542 bits per heavy atom. The fourth-order valence-electron chi connectivity index (χ4n) is 2.83. The van der Waals surface area contributed by atoms with Crippen molar-refractivity contribution < 1.29 is 29.5 Å². The van der Waals surface area contributed by atoms with Gasteiger partial charge >= 0.3 is 0 Å². The molecule has 144 valence electrons. The molecule has 24 heavy (non-hydrogen) atoms. The van der Waals surface area contributed by atoms with Crippen LogP contribution in [0.25, 0.3) is 0 Å². The molecule has 6 nitrogen and oxygen atoms in total. The first kappa shape index (κ1) is 21.8. The molecule has 6 atom stereocenters.